The first-order valence-electron chi connectivity index (χ1n) is 4.55. The molecular weight excluding hydrogens is 204 g/mol. The van der Waals surface area contributed by atoms with Gasteiger partial charge >= 0.3 is 11.9 Å². The van der Waals surface area contributed by atoms with Crippen molar-refractivity contribution in [2.24, 2.45) is 0 Å². The van der Waals surface area contributed by atoms with E-state index in [2.05, 4.69) is 9.47 Å². The van der Waals surface area contributed by atoms with Gasteiger partial charge in [-0.2, -0.15) is 0 Å². The van der Waals surface area contributed by atoms with Crippen molar-refractivity contribution in [3.63, 3.8) is 0 Å². The standard InChI is InChI=1S/C9H16O6/c1-8(10)14-5-3-12-7-13-4-6-15-9(2)11/h3-7H2,1-2H3. The van der Waals surface area contributed by atoms with Crippen molar-refractivity contribution in [2.45, 2.75) is 13.8 Å². The Morgan fingerprint density at radius 2 is 1.20 bits per heavy atom. The Bertz CT molecular complexity index is 171. The zero-order chi connectivity index (χ0) is 11.5. The normalized spacial score (nSPS) is 9.73. The largest absolute Gasteiger partial charge is 0.463 e. The first kappa shape index (κ1) is 13.9. The van der Waals surface area contributed by atoms with Crippen LogP contribution in [0.5, 0.6) is 0 Å². The summed E-state index contributed by atoms with van der Waals surface area (Å²) in [7, 11) is 0. The first-order valence-corrected chi connectivity index (χ1v) is 4.55. The van der Waals surface area contributed by atoms with Gasteiger partial charge in [0.1, 0.15) is 20.0 Å². The number of hydrogen-bond donors (Lipinski definition) is 0. The molecule has 6 heteroatoms. The second-order valence-corrected chi connectivity index (χ2v) is 2.61. The molecule has 15 heavy (non-hydrogen) atoms. The zero-order valence-electron chi connectivity index (χ0n) is 8.99. The van der Waals surface area contributed by atoms with Gasteiger partial charge in [0.25, 0.3) is 0 Å². The molecule has 0 aliphatic rings. The Kier molecular flexibility index (Phi) is 8.70. The maximum absolute atomic E-state index is 10.3. The van der Waals surface area contributed by atoms with Crippen molar-refractivity contribution in [1.29, 1.82) is 0 Å². The number of carbonyl (C=O) groups excluding carboxylic acids is 2. The fourth-order valence-electron chi connectivity index (χ4n) is 0.665. The molecule has 0 fully saturated rings. The smallest absolute Gasteiger partial charge is 0.302 e. The lowest BCUT2D eigenvalue weighted by atomic mass is 10.7. The van der Waals surface area contributed by atoms with E-state index < -0.39 is 0 Å². The molecule has 0 saturated carbocycles. The molecule has 0 saturated heterocycles. The molecule has 0 unspecified atom stereocenters. The van der Waals surface area contributed by atoms with Gasteiger partial charge in [0, 0.05) is 13.8 Å². The van der Waals surface area contributed by atoms with Crippen LogP contribution in [-0.4, -0.2) is 45.2 Å². The number of carbonyl (C=O) groups is 2. The fraction of sp³-hybridized carbons (Fsp3) is 0.778. The van der Waals surface area contributed by atoms with E-state index in [-0.39, 0.29) is 45.2 Å². The third-order valence-electron chi connectivity index (χ3n) is 1.23. The highest BCUT2D eigenvalue weighted by Gasteiger charge is 1.94. The third kappa shape index (κ3) is 12.9. The Morgan fingerprint density at radius 1 is 0.800 bits per heavy atom. The number of esters is 2. The highest BCUT2D eigenvalue weighted by atomic mass is 16.7. The van der Waals surface area contributed by atoms with Crippen molar-refractivity contribution in [2.75, 3.05) is 33.2 Å². The molecule has 0 spiro atoms. The number of rotatable bonds is 8. The molecular formula is C9H16O6. The number of ether oxygens (including phenoxy) is 4. The van der Waals surface area contributed by atoms with Crippen molar-refractivity contribution in [1.82, 2.24) is 0 Å². The van der Waals surface area contributed by atoms with Gasteiger partial charge in [0.2, 0.25) is 0 Å². The van der Waals surface area contributed by atoms with Gasteiger partial charge in [0.15, 0.2) is 0 Å². The van der Waals surface area contributed by atoms with Crippen LogP contribution in [0.25, 0.3) is 0 Å². The molecule has 0 aromatic heterocycles. The third-order valence-corrected chi connectivity index (χ3v) is 1.23. The second kappa shape index (κ2) is 9.42. The summed E-state index contributed by atoms with van der Waals surface area (Å²) in [6.45, 7) is 3.74. The Balaban J connectivity index is 2.99. The molecule has 0 bridgehead atoms. The predicted octanol–water partition coefficient (Wildman–Crippen LogP) is 0.103. The minimum atomic E-state index is -0.339. The summed E-state index contributed by atoms with van der Waals surface area (Å²) in [5, 5.41) is 0. The van der Waals surface area contributed by atoms with E-state index >= 15 is 0 Å². The second-order valence-electron chi connectivity index (χ2n) is 2.61. The van der Waals surface area contributed by atoms with Crippen LogP contribution in [0.2, 0.25) is 0 Å². The van der Waals surface area contributed by atoms with E-state index in [1.165, 1.54) is 13.8 Å². The maximum atomic E-state index is 10.3. The molecule has 0 atom stereocenters. The average molecular weight is 220 g/mol. The number of hydrogen-bond acceptors (Lipinski definition) is 6. The molecule has 6 nitrogen and oxygen atoms in total. The molecule has 0 rings (SSSR count). The highest BCUT2D eigenvalue weighted by molar-refractivity contribution is 5.66. The van der Waals surface area contributed by atoms with Crippen LogP contribution >= 0.6 is 0 Å². The van der Waals surface area contributed by atoms with E-state index in [4.69, 9.17) is 9.47 Å². The van der Waals surface area contributed by atoms with Crippen LogP contribution in [0.15, 0.2) is 0 Å². The summed E-state index contributed by atoms with van der Waals surface area (Å²) in [4.78, 5) is 20.6. The molecule has 0 aliphatic heterocycles. The monoisotopic (exact) mass is 220 g/mol. The lowest BCUT2D eigenvalue weighted by molar-refractivity contribution is -0.146. The molecule has 0 aromatic rings. The predicted molar refractivity (Wildman–Crippen MR) is 50.0 cm³/mol. The van der Waals surface area contributed by atoms with E-state index in [9.17, 15) is 9.59 Å². The topological polar surface area (TPSA) is 71.1 Å². The SMILES string of the molecule is CC(=O)OCCOCOCCOC(C)=O. The molecule has 0 N–H and O–H groups in total. The van der Waals surface area contributed by atoms with Crippen molar-refractivity contribution in [3.8, 4) is 0 Å². The van der Waals surface area contributed by atoms with E-state index in [1.54, 1.807) is 0 Å². The van der Waals surface area contributed by atoms with Crippen molar-refractivity contribution < 1.29 is 28.5 Å². The van der Waals surface area contributed by atoms with Gasteiger partial charge < -0.3 is 18.9 Å². The minimum Gasteiger partial charge on any atom is -0.463 e. The van der Waals surface area contributed by atoms with Crippen LogP contribution in [0.3, 0.4) is 0 Å². The van der Waals surface area contributed by atoms with Crippen LogP contribution < -0.4 is 0 Å². The lowest BCUT2D eigenvalue weighted by Crippen LogP contribution is -2.12. The summed E-state index contributed by atoms with van der Waals surface area (Å²) in [6.07, 6.45) is 0. The van der Waals surface area contributed by atoms with Crippen molar-refractivity contribution in [3.05, 3.63) is 0 Å². The van der Waals surface area contributed by atoms with E-state index in [0.29, 0.717) is 0 Å². The van der Waals surface area contributed by atoms with Gasteiger partial charge in [-0.3, -0.25) is 9.59 Å². The summed E-state index contributed by atoms with van der Waals surface area (Å²) in [6, 6.07) is 0. The van der Waals surface area contributed by atoms with E-state index in [0.717, 1.165) is 0 Å². The van der Waals surface area contributed by atoms with Crippen LogP contribution in [0.4, 0.5) is 0 Å². The van der Waals surface area contributed by atoms with Crippen LogP contribution in [0.1, 0.15) is 13.8 Å². The van der Waals surface area contributed by atoms with Crippen molar-refractivity contribution >= 4 is 11.9 Å². The Morgan fingerprint density at radius 3 is 1.53 bits per heavy atom. The quantitative estimate of drug-likeness (QED) is 0.328. The molecule has 0 radical (unpaired) electrons. The minimum absolute atomic E-state index is 0.0858. The molecule has 88 valence electrons. The Labute approximate surface area is 88.4 Å². The Hall–Kier alpha value is -1.14. The summed E-state index contributed by atoms with van der Waals surface area (Å²) in [5.41, 5.74) is 0. The molecule has 0 heterocycles. The maximum Gasteiger partial charge on any atom is 0.302 e. The molecule has 0 aromatic carbocycles. The first-order chi connectivity index (χ1) is 7.13. The van der Waals surface area contributed by atoms with Gasteiger partial charge in [-0.1, -0.05) is 0 Å². The molecule has 0 amide bonds. The fourth-order valence-corrected chi connectivity index (χ4v) is 0.665. The highest BCUT2D eigenvalue weighted by Crippen LogP contribution is 1.83. The summed E-state index contributed by atoms with van der Waals surface area (Å²) >= 11 is 0. The molecule has 0 aliphatic carbocycles. The summed E-state index contributed by atoms with van der Waals surface area (Å²) in [5.74, 6) is -0.677. The van der Waals surface area contributed by atoms with Gasteiger partial charge in [-0.25, -0.2) is 0 Å². The van der Waals surface area contributed by atoms with Gasteiger partial charge in [-0.15, -0.1) is 0 Å². The average Bonchev–Trinajstić information content (AvgIpc) is 2.14. The van der Waals surface area contributed by atoms with Crippen LogP contribution in [0, 0.1) is 0 Å². The zero-order valence-corrected chi connectivity index (χ0v) is 8.99. The summed E-state index contributed by atoms with van der Waals surface area (Å²) < 4.78 is 19.1. The van der Waals surface area contributed by atoms with Gasteiger partial charge in [-0.05, 0) is 0 Å². The van der Waals surface area contributed by atoms with Gasteiger partial charge in [0.05, 0.1) is 13.2 Å². The van der Waals surface area contributed by atoms with Crippen LogP contribution in [-0.2, 0) is 28.5 Å². The van der Waals surface area contributed by atoms with E-state index in [1.807, 2.05) is 0 Å². The lowest BCUT2D eigenvalue weighted by Gasteiger charge is -2.05.